The lowest BCUT2D eigenvalue weighted by Gasteiger charge is -2.42. The molecule has 1 aliphatic rings. The van der Waals surface area contributed by atoms with E-state index in [0.717, 1.165) is 16.3 Å². The number of carbonyl (C=O) groups is 1. The molecular formula is C33H29NO6. The van der Waals surface area contributed by atoms with Crippen LogP contribution in [-0.2, 0) is 16.6 Å². The monoisotopic (exact) mass is 535 g/mol. The minimum atomic E-state index is -1.27. The highest BCUT2D eigenvalue weighted by molar-refractivity contribution is 6.04. The van der Waals surface area contributed by atoms with Gasteiger partial charge in [0.1, 0.15) is 23.2 Å². The van der Waals surface area contributed by atoms with Gasteiger partial charge in [0, 0.05) is 24.6 Å². The molecule has 6 rings (SSSR count). The Morgan fingerprint density at radius 1 is 1.02 bits per heavy atom. The fraction of sp³-hybridized carbons (Fsp3) is 0.212. The van der Waals surface area contributed by atoms with Crippen LogP contribution in [0.3, 0.4) is 0 Å². The van der Waals surface area contributed by atoms with E-state index in [1.165, 1.54) is 13.2 Å². The summed E-state index contributed by atoms with van der Waals surface area (Å²) < 4.78 is 19.7. The summed E-state index contributed by atoms with van der Waals surface area (Å²) in [7, 11) is 3.34. The lowest BCUT2D eigenvalue weighted by Crippen LogP contribution is -2.51. The fourth-order valence-corrected chi connectivity index (χ4v) is 5.65. The molecule has 2 heterocycles. The zero-order chi connectivity index (χ0) is 28.2. The van der Waals surface area contributed by atoms with Crippen LogP contribution in [0, 0.1) is 0 Å². The van der Waals surface area contributed by atoms with Crippen molar-refractivity contribution in [3.05, 3.63) is 100 Å². The molecule has 0 amide bonds. The summed E-state index contributed by atoms with van der Waals surface area (Å²) in [6, 6.07) is 22.7. The van der Waals surface area contributed by atoms with Crippen LogP contribution in [0.1, 0.15) is 31.1 Å². The van der Waals surface area contributed by atoms with Gasteiger partial charge in [0.2, 0.25) is 5.43 Å². The van der Waals surface area contributed by atoms with Gasteiger partial charge in [-0.15, -0.1) is 0 Å². The molecule has 0 spiro atoms. The Hall–Kier alpha value is -4.62. The summed E-state index contributed by atoms with van der Waals surface area (Å²) in [5.74, 6) is 0.0921. The van der Waals surface area contributed by atoms with Crippen molar-refractivity contribution < 1.29 is 24.1 Å². The van der Waals surface area contributed by atoms with Gasteiger partial charge in [-0.2, -0.15) is 0 Å². The molecule has 0 saturated heterocycles. The predicted octanol–water partition coefficient (Wildman–Crippen LogP) is 5.68. The Morgan fingerprint density at radius 2 is 1.70 bits per heavy atom. The lowest BCUT2D eigenvalue weighted by atomic mass is 9.86. The Balaban J connectivity index is 1.53. The Bertz CT molecular complexity index is 1890. The Morgan fingerprint density at radius 3 is 2.40 bits per heavy atom. The number of methoxy groups -OCH3 is 1. The summed E-state index contributed by atoms with van der Waals surface area (Å²) >= 11 is 0. The number of aromatic nitrogens is 1. The number of esters is 1. The highest BCUT2D eigenvalue weighted by Crippen LogP contribution is 2.47. The van der Waals surface area contributed by atoms with E-state index in [4.69, 9.17) is 14.2 Å². The number of carbonyl (C=O) groups excluding carboxylic acids is 1. The maximum Gasteiger partial charge on any atom is 0.331 e. The van der Waals surface area contributed by atoms with Crippen LogP contribution in [0.15, 0.2) is 83.7 Å². The molecule has 7 nitrogen and oxygen atoms in total. The summed E-state index contributed by atoms with van der Waals surface area (Å²) in [5.41, 5.74) is 1.08. The van der Waals surface area contributed by atoms with E-state index in [-0.39, 0.29) is 5.43 Å². The van der Waals surface area contributed by atoms with Crippen molar-refractivity contribution in [2.24, 2.45) is 7.05 Å². The van der Waals surface area contributed by atoms with E-state index in [2.05, 4.69) is 0 Å². The molecule has 40 heavy (non-hydrogen) atoms. The zero-order valence-electron chi connectivity index (χ0n) is 22.7. The number of hydrogen-bond acceptors (Lipinski definition) is 6. The number of pyridine rings is 1. The van der Waals surface area contributed by atoms with E-state index in [9.17, 15) is 14.7 Å². The van der Waals surface area contributed by atoms with E-state index in [1.807, 2.05) is 78.3 Å². The normalized spacial score (nSPS) is 18.1. The van der Waals surface area contributed by atoms with Gasteiger partial charge < -0.3 is 23.9 Å². The van der Waals surface area contributed by atoms with Gasteiger partial charge in [-0.05, 0) is 48.4 Å². The highest BCUT2D eigenvalue weighted by Gasteiger charge is 2.47. The van der Waals surface area contributed by atoms with Crippen molar-refractivity contribution in [3.63, 3.8) is 0 Å². The second-order valence-electron chi connectivity index (χ2n) is 10.6. The molecule has 4 aromatic carbocycles. The molecule has 1 aliphatic heterocycles. The third kappa shape index (κ3) is 4.10. The third-order valence-corrected chi connectivity index (χ3v) is 7.61. The predicted molar refractivity (Wildman–Crippen MR) is 156 cm³/mol. The molecule has 1 N–H and O–H groups in total. The van der Waals surface area contributed by atoms with Crippen molar-refractivity contribution in [3.8, 4) is 11.5 Å². The number of aliphatic hydroxyl groups excluding tert-OH is 1. The summed E-state index contributed by atoms with van der Waals surface area (Å²) in [6.45, 7) is 3.50. The Labute approximate surface area is 230 Å². The molecule has 1 aromatic heterocycles. The first kappa shape index (κ1) is 25.6. The topological polar surface area (TPSA) is 87.0 Å². The SMILES string of the molecule is COc1cc2c(c3c1c(=O)c1cc4ccccc4cc1n3C)C(O)C(OC(=O)/C=C/c1ccccc1)C(C)(C)O2. The largest absolute Gasteiger partial charge is 0.496 e. The minimum Gasteiger partial charge on any atom is -0.496 e. The molecule has 0 bridgehead atoms. The van der Waals surface area contributed by atoms with Crippen molar-refractivity contribution in [1.82, 2.24) is 4.57 Å². The standard InChI is InChI=1S/C33H29NO6/c1-33(2)32(39-26(35)15-14-19-10-6-5-7-11-19)31(37)28-25(40-33)18-24(38-4)27-29(28)34(3)23-17-21-13-9-8-12-20(21)16-22(23)30(27)36/h5-18,31-32,37H,1-4H3/b15-14+. The molecular weight excluding hydrogens is 506 g/mol. The first-order valence-corrected chi connectivity index (χ1v) is 13.1. The first-order valence-electron chi connectivity index (χ1n) is 13.1. The van der Waals surface area contributed by atoms with E-state index in [0.29, 0.717) is 38.9 Å². The quantitative estimate of drug-likeness (QED) is 0.181. The maximum absolute atomic E-state index is 14.0. The van der Waals surface area contributed by atoms with Crippen LogP contribution in [0.25, 0.3) is 38.7 Å². The number of fused-ring (bicyclic) bond motifs is 5. The van der Waals surface area contributed by atoms with E-state index >= 15 is 0 Å². The molecule has 2 unspecified atom stereocenters. The number of benzene rings is 4. The average molecular weight is 536 g/mol. The fourth-order valence-electron chi connectivity index (χ4n) is 5.65. The highest BCUT2D eigenvalue weighted by atomic mass is 16.6. The summed E-state index contributed by atoms with van der Waals surface area (Å²) in [6.07, 6.45) is 0.658. The number of nitrogens with zero attached hydrogens (tertiary/aromatic N) is 1. The van der Waals surface area contributed by atoms with Gasteiger partial charge in [0.05, 0.1) is 29.1 Å². The molecule has 7 heteroatoms. The molecule has 5 aromatic rings. The van der Waals surface area contributed by atoms with Crippen LogP contribution in [0.5, 0.6) is 11.5 Å². The van der Waals surface area contributed by atoms with Crippen LogP contribution in [0.2, 0.25) is 0 Å². The third-order valence-electron chi connectivity index (χ3n) is 7.61. The molecule has 2 atom stereocenters. The number of ether oxygens (including phenoxy) is 3. The molecule has 0 fully saturated rings. The zero-order valence-corrected chi connectivity index (χ0v) is 22.7. The molecule has 0 radical (unpaired) electrons. The van der Waals surface area contributed by atoms with Gasteiger partial charge in [-0.1, -0.05) is 54.6 Å². The van der Waals surface area contributed by atoms with Crippen molar-refractivity contribution in [1.29, 1.82) is 0 Å². The lowest BCUT2D eigenvalue weighted by molar-refractivity contribution is -0.171. The minimum absolute atomic E-state index is 0.218. The Kier molecular flexibility index (Phi) is 6.11. The van der Waals surface area contributed by atoms with Crippen LogP contribution in [0.4, 0.5) is 0 Å². The molecule has 202 valence electrons. The van der Waals surface area contributed by atoms with Crippen LogP contribution >= 0.6 is 0 Å². The van der Waals surface area contributed by atoms with Gasteiger partial charge in [0.15, 0.2) is 6.10 Å². The number of rotatable bonds is 4. The van der Waals surface area contributed by atoms with Crippen LogP contribution in [-0.4, -0.2) is 34.5 Å². The smallest absolute Gasteiger partial charge is 0.331 e. The maximum atomic E-state index is 14.0. The van der Waals surface area contributed by atoms with Crippen molar-refractivity contribution in [2.75, 3.05) is 7.11 Å². The van der Waals surface area contributed by atoms with Gasteiger partial charge >= 0.3 is 5.97 Å². The van der Waals surface area contributed by atoms with Gasteiger partial charge in [0.25, 0.3) is 0 Å². The van der Waals surface area contributed by atoms with Crippen LogP contribution < -0.4 is 14.9 Å². The second kappa shape index (κ2) is 9.54. The van der Waals surface area contributed by atoms with Crippen molar-refractivity contribution in [2.45, 2.75) is 31.7 Å². The van der Waals surface area contributed by atoms with Gasteiger partial charge in [-0.25, -0.2) is 4.79 Å². The number of hydrogen-bond donors (Lipinski definition) is 1. The van der Waals surface area contributed by atoms with Gasteiger partial charge in [-0.3, -0.25) is 4.79 Å². The average Bonchev–Trinajstić information content (AvgIpc) is 2.95. The molecule has 0 aliphatic carbocycles. The van der Waals surface area contributed by atoms with E-state index < -0.39 is 23.8 Å². The van der Waals surface area contributed by atoms with Crippen molar-refractivity contribution >= 4 is 44.6 Å². The summed E-state index contributed by atoms with van der Waals surface area (Å²) in [5, 5.41) is 14.6. The summed E-state index contributed by atoms with van der Waals surface area (Å²) in [4.78, 5) is 26.8. The van der Waals surface area contributed by atoms with E-state index in [1.54, 1.807) is 26.0 Å². The first-order chi connectivity index (χ1) is 19.2. The second-order valence-corrected chi connectivity index (χ2v) is 10.6. The molecule has 0 saturated carbocycles. The number of aryl methyl sites for hydroxylation is 1. The number of aliphatic hydroxyl groups is 1.